The Morgan fingerprint density at radius 2 is 1.87 bits per heavy atom. The van der Waals surface area contributed by atoms with Gasteiger partial charge in [-0.05, 0) is 31.5 Å². The van der Waals surface area contributed by atoms with Crippen molar-refractivity contribution in [3.8, 4) is 0 Å². The van der Waals surface area contributed by atoms with Gasteiger partial charge < -0.3 is 8.97 Å². The number of hydrogen-bond acceptors (Lipinski definition) is 0. The minimum atomic E-state index is 1.30. The van der Waals surface area contributed by atoms with E-state index in [1.54, 1.807) is 0 Å². The van der Waals surface area contributed by atoms with Gasteiger partial charge in [-0.3, -0.25) is 0 Å². The Kier molecular flexibility index (Phi) is 1.52. The quantitative estimate of drug-likeness (QED) is 0.525. The Bertz CT molecular complexity index is 656. The van der Waals surface area contributed by atoms with Gasteiger partial charge in [0.25, 0.3) is 0 Å². The molecule has 2 heteroatoms. The maximum Gasteiger partial charge on any atom is 0.0672 e. The molecule has 3 heterocycles. The summed E-state index contributed by atoms with van der Waals surface area (Å²) < 4.78 is 4.45. The third-order valence-corrected chi connectivity index (χ3v) is 3.45. The minimum absolute atomic E-state index is 1.30. The predicted molar refractivity (Wildman–Crippen MR) is 63.3 cm³/mol. The van der Waals surface area contributed by atoms with Crippen LogP contribution in [-0.4, -0.2) is 8.97 Å². The van der Waals surface area contributed by atoms with E-state index in [4.69, 9.17) is 0 Å². The maximum atomic E-state index is 2.26. The first-order valence-electron chi connectivity index (χ1n) is 5.21. The SMILES string of the molecule is Cc1c(C)n(C)c2cn3ccccc3c12. The third-order valence-electron chi connectivity index (χ3n) is 3.45. The number of hydrogen-bond donors (Lipinski definition) is 0. The topological polar surface area (TPSA) is 9.34 Å². The van der Waals surface area contributed by atoms with Gasteiger partial charge in [0.1, 0.15) is 0 Å². The fourth-order valence-electron chi connectivity index (χ4n) is 2.36. The first-order chi connectivity index (χ1) is 7.20. The average molecular weight is 198 g/mol. The fraction of sp³-hybridized carbons (Fsp3) is 0.231. The highest BCUT2D eigenvalue weighted by Gasteiger charge is 2.12. The van der Waals surface area contributed by atoms with Crippen molar-refractivity contribution in [2.45, 2.75) is 13.8 Å². The molecule has 76 valence electrons. The molecule has 0 saturated carbocycles. The van der Waals surface area contributed by atoms with Crippen LogP contribution in [0, 0.1) is 13.8 Å². The number of aryl methyl sites for hydroxylation is 2. The van der Waals surface area contributed by atoms with E-state index in [-0.39, 0.29) is 0 Å². The second kappa shape index (κ2) is 2.66. The van der Waals surface area contributed by atoms with Gasteiger partial charge in [0.2, 0.25) is 0 Å². The van der Waals surface area contributed by atoms with E-state index in [0.717, 1.165) is 0 Å². The van der Waals surface area contributed by atoms with Crippen LogP contribution in [-0.2, 0) is 7.05 Å². The number of fused-ring (bicyclic) bond motifs is 3. The second-order valence-electron chi connectivity index (χ2n) is 4.15. The van der Waals surface area contributed by atoms with Crippen molar-refractivity contribution in [2.75, 3.05) is 0 Å². The lowest BCUT2D eigenvalue weighted by molar-refractivity contribution is 0.907. The largest absolute Gasteiger partial charge is 0.346 e. The molecular formula is C13H14N2. The van der Waals surface area contributed by atoms with Crippen molar-refractivity contribution in [2.24, 2.45) is 7.05 Å². The van der Waals surface area contributed by atoms with Crippen molar-refractivity contribution in [3.05, 3.63) is 41.9 Å². The summed E-state index contributed by atoms with van der Waals surface area (Å²) in [5.41, 5.74) is 5.36. The summed E-state index contributed by atoms with van der Waals surface area (Å²) >= 11 is 0. The van der Waals surface area contributed by atoms with Crippen LogP contribution in [0.1, 0.15) is 11.3 Å². The summed E-state index contributed by atoms with van der Waals surface area (Å²) in [6.07, 6.45) is 4.30. The zero-order valence-electron chi connectivity index (χ0n) is 9.28. The summed E-state index contributed by atoms with van der Waals surface area (Å²) in [5, 5.41) is 1.38. The molecule has 0 fully saturated rings. The first kappa shape index (κ1) is 8.60. The Morgan fingerprint density at radius 1 is 1.07 bits per heavy atom. The molecule has 0 saturated heterocycles. The molecule has 3 aromatic heterocycles. The molecule has 0 aliphatic heterocycles. The molecule has 2 nitrogen and oxygen atoms in total. The van der Waals surface area contributed by atoms with E-state index in [2.05, 4.69) is 60.5 Å². The van der Waals surface area contributed by atoms with Gasteiger partial charge in [0, 0.05) is 30.5 Å². The highest BCUT2D eigenvalue weighted by Crippen LogP contribution is 2.29. The summed E-state index contributed by atoms with van der Waals surface area (Å²) in [4.78, 5) is 0. The number of pyridine rings is 1. The molecule has 0 bridgehead atoms. The Balaban J connectivity index is 2.65. The first-order valence-corrected chi connectivity index (χ1v) is 5.21. The van der Waals surface area contributed by atoms with Crippen LogP contribution in [0.4, 0.5) is 0 Å². The molecule has 3 aromatic rings. The number of aromatic nitrogens is 2. The van der Waals surface area contributed by atoms with Crippen molar-refractivity contribution in [3.63, 3.8) is 0 Å². The van der Waals surface area contributed by atoms with Crippen molar-refractivity contribution in [1.82, 2.24) is 8.97 Å². The average Bonchev–Trinajstić information content (AvgIpc) is 2.72. The molecule has 0 atom stereocenters. The van der Waals surface area contributed by atoms with Gasteiger partial charge in [0.15, 0.2) is 0 Å². The molecule has 0 amide bonds. The summed E-state index contributed by atoms with van der Waals surface area (Å²) in [6, 6.07) is 6.33. The lowest BCUT2D eigenvalue weighted by Gasteiger charge is -1.98. The molecular weight excluding hydrogens is 184 g/mol. The molecule has 0 aliphatic rings. The summed E-state index contributed by atoms with van der Waals surface area (Å²) in [6.45, 7) is 4.37. The van der Waals surface area contributed by atoms with Gasteiger partial charge in [-0.2, -0.15) is 0 Å². The summed E-state index contributed by atoms with van der Waals surface area (Å²) in [7, 11) is 2.13. The fourth-order valence-corrected chi connectivity index (χ4v) is 2.36. The predicted octanol–water partition coefficient (Wildman–Crippen LogP) is 3.05. The molecule has 0 radical (unpaired) electrons. The highest BCUT2D eigenvalue weighted by atomic mass is 15.0. The summed E-state index contributed by atoms with van der Waals surface area (Å²) in [5.74, 6) is 0. The van der Waals surface area contributed by atoms with Gasteiger partial charge in [-0.25, -0.2) is 0 Å². The monoisotopic (exact) mass is 198 g/mol. The third kappa shape index (κ3) is 0.938. The molecule has 0 N–H and O–H groups in total. The Labute approximate surface area is 88.7 Å². The molecule has 0 spiro atoms. The van der Waals surface area contributed by atoms with Crippen LogP contribution >= 0.6 is 0 Å². The Morgan fingerprint density at radius 3 is 2.67 bits per heavy atom. The molecule has 3 rings (SSSR count). The van der Waals surface area contributed by atoms with Gasteiger partial charge in [0.05, 0.1) is 11.0 Å². The lowest BCUT2D eigenvalue weighted by atomic mass is 10.2. The van der Waals surface area contributed by atoms with Gasteiger partial charge in [-0.15, -0.1) is 0 Å². The normalized spacial score (nSPS) is 11.7. The minimum Gasteiger partial charge on any atom is -0.346 e. The number of rotatable bonds is 0. The standard InChI is InChI=1S/C13H14N2/c1-9-10(2)14(3)12-8-15-7-5-4-6-11(15)13(9)12/h4-8H,1-3H3. The van der Waals surface area contributed by atoms with Crippen molar-refractivity contribution >= 4 is 16.4 Å². The van der Waals surface area contributed by atoms with E-state index in [0.29, 0.717) is 0 Å². The highest BCUT2D eigenvalue weighted by molar-refractivity contribution is 5.99. The van der Waals surface area contributed by atoms with E-state index in [9.17, 15) is 0 Å². The molecule has 0 unspecified atom stereocenters. The molecule has 15 heavy (non-hydrogen) atoms. The maximum absolute atomic E-state index is 2.26. The molecule has 0 aromatic carbocycles. The smallest absolute Gasteiger partial charge is 0.0672 e. The van der Waals surface area contributed by atoms with E-state index in [1.807, 2.05) is 0 Å². The zero-order chi connectivity index (χ0) is 10.6. The van der Waals surface area contributed by atoms with Crippen LogP contribution in [0.25, 0.3) is 16.4 Å². The van der Waals surface area contributed by atoms with Gasteiger partial charge >= 0.3 is 0 Å². The Hall–Kier alpha value is -1.70. The van der Waals surface area contributed by atoms with Crippen LogP contribution in [0.15, 0.2) is 30.6 Å². The van der Waals surface area contributed by atoms with Crippen LogP contribution in [0.2, 0.25) is 0 Å². The van der Waals surface area contributed by atoms with Crippen LogP contribution in [0.3, 0.4) is 0 Å². The van der Waals surface area contributed by atoms with Crippen molar-refractivity contribution < 1.29 is 0 Å². The van der Waals surface area contributed by atoms with E-state index in [1.165, 1.54) is 27.7 Å². The van der Waals surface area contributed by atoms with Crippen LogP contribution < -0.4 is 0 Å². The number of nitrogens with zero attached hydrogens (tertiary/aromatic N) is 2. The second-order valence-corrected chi connectivity index (χ2v) is 4.15. The zero-order valence-corrected chi connectivity index (χ0v) is 9.28. The van der Waals surface area contributed by atoms with Crippen molar-refractivity contribution in [1.29, 1.82) is 0 Å². The van der Waals surface area contributed by atoms with Gasteiger partial charge in [-0.1, -0.05) is 6.07 Å². The lowest BCUT2D eigenvalue weighted by Crippen LogP contribution is -1.90. The van der Waals surface area contributed by atoms with E-state index >= 15 is 0 Å². The van der Waals surface area contributed by atoms with E-state index < -0.39 is 0 Å². The molecule has 0 aliphatic carbocycles. The van der Waals surface area contributed by atoms with Crippen LogP contribution in [0.5, 0.6) is 0 Å².